The molecule has 1 fully saturated rings. The Morgan fingerprint density at radius 2 is 1.88 bits per heavy atom. The molecule has 1 aliphatic heterocycles. The van der Waals surface area contributed by atoms with Gasteiger partial charge in [0.1, 0.15) is 5.37 Å². The summed E-state index contributed by atoms with van der Waals surface area (Å²) < 4.78 is 39.9. The van der Waals surface area contributed by atoms with Crippen LogP contribution in [0.2, 0.25) is 10.0 Å². The second kappa shape index (κ2) is 7.09. The Hall–Kier alpha value is -1.37. The van der Waals surface area contributed by atoms with E-state index in [9.17, 15) is 18.0 Å². The molecule has 0 aromatic heterocycles. The molecule has 132 valence electrons. The fraction of sp³-hybridized carbons (Fsp3) is 0.235. The lowest BCUT2D eigenvalue weighted by molar-refractivity contribution is -0.138. The minimum atomic E-state index is -4.48. The number of hydrogen-bond acceptors (Lipinski definition) is 2. The zero-order chi connectivity index (χ0) is 18.2. The largest absolute Gasteiger partial charge is 0.416 e. The third kappa shape index (κ3) is 3.76. The predicted octanol–water partition coefficient (Wildman–Crippen LogP) is 5.90. The second-order valence-electron chi connectivity index (χ2n) is 5.43. The lowest BCUT2D eigenvalue weighted by Crippen LogP contribution is -2.31. The number of nitrogens with zero attached hydrogens (tertiary/aromatic N) is 1. The van der Waals surface area contributed by atoms with E-state index in [0.717, 1.165) is 6.07 Å². The molecule has 8 heteroatoms. The van der Waals surface area contributed by atoms with Gasteiger partial charge in [-0.1, -0.05) is 41.4 Å². The van der Waals surface area contributed by atoms with Gasteiger partial charge in [-0.3, -0.25) is 4.79 Å². The average Bonchev–Trinajstić information content (AvgIpc) is 3.03. The number of carbonyl (C=O) groups excluding carboxylic acids is 1. The molecule has 2 aromatic rings. The molecule has 1 aliphatic rings. The van der Waals surface area contributed by atoms with Crippen molar-refractivity contribution in [1.82, 2.24) is 4.90 Å². The van der Waals surface area contributed by atoms with Crippen molar-refractivity contribution in [1.29, 1.82) is 0 Å². The molecule has 2 aromatic carbocycles. The molecule has 0 unspecified atom stereocenters. The van der Waals surface area contributed by atoms with Gasteiger partial charge in [0.05, 0.1) is 16.1 Å². The molecule has 2 nitrogen and oxygen atoms in total. The van der Waals surface area contributed by atoms with E-state index in [1.807, 2.05) is 0 Å². The Bertz CT molecular complexity index is 813. The maximum absolute atomic E-state index is 13.3. The summed E-state index contributed by atoms with van der Waals surface area (Å²) in [7, 11) is 0. The maximum atomic E-state index is 13.3. The molecule has 1 atom stereocenters. The highest BCUT2D eigenvalue weighted by molar-refractivity contribution is 7.99. The summed E-state index contributed by atoms with van der Waals surface area (Å²) in [5, 5.41) is -0.148. The normalized spacial score (nSPS) is 17.8. The molecule has 3 rings (SSSR count). The van der Waals surface area contributed by atoms with E-state index >= 15 is 0 Å². The zero-order valence-corrected chi connectivity index (χ0v) is 15.0. The van der Waals surface area contributed by atoms with Crippen LogP contribution in [0.5, 0.6) is 0 Å². The van der Waals surface area contributed by atoms with Crippen LogP contribution in [0.25, 0.3) is 0 Å². The van der Waals surface area contributed by atoms with Gasteiger partial charge in [0, 0.05) is 17.3 Å². The minimum absolute atomic E-state index is 0.0796. The van der Waals surface area contributed by atoms with Crippen LogP contribution in [-0.4, -0.2) is 23.1 Å². The van der Waals surface area contributed by atoms with Gasteiger partial charge in [0.2, 0.25) is 0 Å². The van der Waals surface area contributed by atoms with E-state index in [-0.39, 0.29) is 16.1 Å². The third-order valence-electron chi connectivity index (χ3n) is 3.85. The van der Waals surface area contributed by atoms with Gasteiger partial charge >= 0.3 is 6.18 Å². The molecule has 0 aliphatic carbocycles. The van der Waals surface area contributed by atoms with Crippen LogP contribution in [0, 0.1) is 0 Å². The van der Waals surface area contributed by atoms with Crippen molar-refractivity contribution in [3.63, 3.8) is 0 Å². The van der Waals surface area contributed by atoms with Crippen molar-refractivity contribution in [2.24, 2.45) is 0 Å². The van der Waals surface area contributed by atoms with E-state index in [1.165, 1.54) is 47.0 Å². The number of alkyl halides is 3. The highest BCUT2D eigenvalue weighted by atomic mass is 35.5. The third-order valence-corrected chi connectivity index (χ3v) is 5.64. The number of carbonyl (C=O) groups is 1. The van der Waals surface area contributed by atoms with Crippen molar-refractivity contribution < 1.29 is 18.0 Å². The summed E-state index contributed by atoms with van der Waals surface area (Å²) >= 11 is 13.2. The van der Waals surface area contributed by atoms with Crippen molar-refractivity contribution in [2.75, 3.05) is 12.3 Å². The lowest BCUT2D eigenvalue weighted by atomic mass is 10.1. The van der Waals surface area contributed by atoms with Gasteiger partial charge in [0.25, 0.3) is 5.91 Å². The molecule has 0 saturated carbocycles. The summed E-state index contributed by atoms with van der Waals surface area (Å²) in [6.45, 7) is 0.347. The van der Waals surface area contributed by atoms with Gasteiger partial charge < -0.3 is 4.90 Å². The van der Waals surface area contributed by atoms with E-state index < -0.39 is 23.0 Å². The van der Waals surface area contributed by atoms with E-state index in [2.05, 4.69) is 0 Å². The predicted molar refractivity (Wildman–Crippen MR) is 94.1 cm³/mol. The zero-order valence-electron chi connectivity index (χ0n) is 12.7. The van der Waals surface area contributed by atoms with Gasteiger partial charge in [-0.25, -0.2) is 0 Å². The van der Waals surface area contributed by atoms with E-state index in [1.54, 1.807) is 6.07 Å². The van der Waals surface area contributed by atoms with Gasteiger partial charge in [0.15, 0.2) is 0 Å². The first-order valence-electron chi connectivity index (χ1n) is 7.33. The first-order chi connectivity index (χ1) is 11.8. The van der Waals surface area contributed by atoms with Crippen LogP contribution >= 0.6 is 35.0 Å². The Morgan fingerprint density at radius 1 is 1.16 bits per heavy atom. The van der Waals surface area contributed by atoms with Crippen LogP contribution in [0.15, 0.2) is 42.5 Å². The first-order valence-corrected chi connectivity index (χ1v) is 9.13. The number of rotatable bonds is 2. The SMILES string of the molecule is O=C(c1ccc(Cl)cc1Cl)N1CCS[C@H]1c1ccccc1C(F)(F)F. The Labute approximate surface area is 156 Å². The highest BCUT2D eigenvalue weighted by Crippen LogP contribution is 2.44. The van der Waals surface area contributed by atoms with Crippen LogP contribution in [-0.2, 0) is 6.18 Å². The second-order valence-corrected chi connectivity index (χ2v) is 7.46. The number of halogens is 5. The van der Waals surface area contributed by atoms with Crippen LogP contribution < -0.4 is 0 Å². The minimum Gasteiger partial charge on any atom is -0.322 e. The Balaban J connectivity index is 1.98. The molecule has 1 amide bonds. The molecule has 0 radical (unpaired) electrons. The van der Waals surface area contributed by atoms with Crippen molar-refractivity contribution >= 4 is 40.9 Å². The topological polar surface area (TPSA) is 20.3 Å². The first kappa shape index (κ1) is 18.4. The maximum Gasteiger partial charge on any atom is 0.416 e. The summed E-state index contributed by atoms with van der Waals surface area (Å²) in [5.41, 5.74) is -0.423. The number of hydrogen-bond donors (Lipinski definition) is 0. The summed E-state index contributed by atoms with van der Waals surface area (Å²) in [6.07, 6.45) is -4.48. The van der Waals surface area contributed by atoms with Crippen LogP contribution in [0.4, 0.5) is 13.2 Å². The lowest BCUT2D eigenvalue weighted by Gasteiger charge is -2.26. The van der Waals surface area contributed by atoms with Crippen LogP contribution in [0.3, 0.4) is 0 Å². The molecular weight excluding hydrogens is 394 g/mol. The number of amides is 1. The Kier molecular flexibility index (Phi) is 5.23. The summed E-state index contributed by atoms with van der Waals surface area (Å²) in [6, 6.07) is 9.79. The molecule has 1 saturated heterocycles. The molecule has 25 heavy (non-hydrogen) atoms. The highest BCUT2D eigenvalue weighted by Gasteiger charge is 2.39. The molecule has 0 N–H and O–H groups in total. The Morgan fingerprint density at radius 3 is 2.56 bits per heavy atom. The summed E-state index contributed by atoms with van der Waals surface area (Å²) in [5.74, 6) is 0.141. The van der Waals surface area contributed by atoms with E-state index in [4.69, 9.17) is 23.2 Å². The standard InChI is InChI=1S/C17H12Cl2F3NOS/c18-10-5-6-12(14(19)9-10)15(24)23-7-8-25-16(23)11-3-1-2-4-13(11)17(20,21)22/h1-6,9,16H,7-8H2/t16-/m0/s1. The van der Waals surface area contributed by atoms with Gasteiger partial charge in [-0.15, -0.1) is 11.8 Å². The van der Waals surface area contributed by atoms with Gasteiger partial charge in [-0.2, -0.15) is 13.2 Å². The van der Waals surface area contributed by atoms with E-state index in [0.29, 0.717) is 17.3 Å². The molecule has 0 spiro atoms. The fourth-order valence-electron chi connectivity index (χ4n) is 2.72. The average molecular weight is 406 g/mol. The van der Waals surface area contributed by atoms with Gasteiger partial charge in [-0.05, 0) is 29.8 Å². The monoisotopic (exact) mass is 405 g/mol. The summed E-state index contributed by atoms with van der Waals surface area (Å²) in [4.78, 5) is 14.2. The van der Waals surface area contributed by atoms with Crippen molar-refractivity contribution in [3.05, 3.63) is 69.2 Å². The van der Waals surface area contributed by atoms with Crippen LogP contribution in [0.1, 0.15) is 26.9 Å². The number of benzene rings is 2. The number of thioether (sulfide) groups is 1. The molecule has 1 heterocycles. The molecular formula is C17H12Cl2F3NOS. The quantitative estimate of drug-likeness (QED) is 0.619. The molecule has 0 bridgehead atoms. The smallest absolute Gasteiger partial charge is 0.322 e. The fourth-order valence-corrected chi connectivity index (χ4v) is 4.50. The van der Waals surface area contributed by atoms with Crippen molar-refractivity contribution in [2.45, 2.75) is 11.6 Å². The van der Waals surface area contributed by atoms with Crippen molar-refractivity contribution in [3.8, 4) is 0 Å².